The number of carbonyl (C=O) groups is 1. The van der Waals surface area contributed by atoms with Crippen molar-refractivity contribution in [2.75, 3.05) is 5.32 Å². The van der Waals surface area contributed by atoms with Crippen LogP contribution in [0.5, 0.6) is 0 Å². The first kappa shape index (κ1) is 15.2. The van der Waals surface area contributed by atoms with Crippen LogP contribution in [0.4, 0.5) is 5.69 Å². The van der Waals surface area contributed by atoms with Crippen molar-refractivity contribution in [2.45, 2.75) is 18.9 Å². The van der Waals surface area contributed by atoms with E-state index in [1.807, 2.05) is 60.7 Å². The van der Waals surface area contributed by atoms with Crippen LogP contribution in [-0.2, 0) is 10.4 Å². The van der Waals surface area contributed by atoms with Crippen LogP contribution in [0.2, 0.25) is 0 Å². The molecule has 0 aliphatic carbocycles. The molecule has 1 amide bonds. The summed E-state index contributed by atoms with van der Waals surface area (Å²) in [6, 6.07) is 18.5. The Morgan fingerprint density at radius 2 is 1.87 bits per heavy atom. The molecule has 0 aliphatic heterocycles. The molecule has 1 heterocycles. The molecule has 0 bridgehead atoms. The van der Waals surface area contributed by atoms with Crippen LogP contribution < -0.4 is 5.32 Å². The zero-order chi connectivity index (χ0) is 16.3. The fourth-order valence-electron chi connectivity index (χ4n) is 2.62. The van der Waals surface area contributed by atoms with E-state index < -0.39 is 5.60 Å². The Labute approximate surface area is 134 Å². The summed E-state index contributed by atoms with van der Waals surface area (Å²) < 4.78 is 0. The zero-order valence-corrected chi connectivity index (χ0v) is 12.9. The summed E-state index contributed by atoms with van der Waals surface area (Å²) in [5.74, 6) is -0.241. The summed E-state index contributed by atoms with van der Waals surface area (Å²) in [6.07, 6.45) is 1.70. The van der Waals surface area contributed by atoms with Gasteiger partial charge in [0.25, 0.3) is 0 Å². The summed E-state index contributed by atoms with van der Waals surface area (Å²) in [4.78, 5) is 16.6. The second-order valence-corrected chi connectivity index (χ2v) is 5.74. The van der Waals surface area contributed by atoms with Gasteiger partial charge in [0.2, 0.25) is 5.91 Å². The van der Waals surface area contributed by atoms with Gasteiger partial charge in [0.1, 0.15) is 0 Å². The summed E-state index contributed by atoms with van der Waals surface area (Å²) in [7, 11) is 0. The van der Waals surface area contributed by atoms with E-state index in [9.17, 15) is 9.90 Å². The zero-order valence-electron chi connectivity index (χ0n) is 12.9. The van der Waals surface area contributed by atoms with Crippen LogP contribution in [0.15, 0.2) is 66.9 Å². The fourth-order valence-corrected chi connectivity index (χ4v) is 2.62. The van der Waals surface area contributed by atoms with Crippen LogP contribution in [0, 0.1) is 0 Å². The second-order valence-electron chi connectivity index (χ2n) is 5.74. The molecule has 0 spiro atoms. The molecule has 1 atom stereocenters. The van der Waals surface area contributed by atoms with Crippen LogP contribution in [-0.4, -0.2) is 16.0 Å². The quantitative estimate of drug-likeness (QED) is 0.776. The van der Waals surface area contributed by atoms with Crippen molar-refractivity contribution in [3.63, 3.8) is 0 Å². The number of carbonyl (C=O) groups excluding carboxylic acids is 1. The number of nitrogens with zero attached hydrogens (tertiary/aromatic N) is 1. The maximum atomic E-state index is 12.4. The van der Waals surface area contributed by atoms with Crippen molar-refractivity contribution in [1.29, 1.82) is 0 Å². The predicted octanol–water partition coefficient (Wildman–Crippen LogP) is 3.47. The van der Waals surface area contributed by atoms with E-state index in [1.54, 1.807) is 13.1 Å². The number of nitrogens with one attached hydrogen (secondary N) is 1. The normalized spacial score (nSPS) is 13.5. The lowest BCUT2D eigenvalue weighted by atomic mass is 9.92. The number of pyridine rings is 1. The minimum Gasteiger partial charge on any atom is -0.385 e. The molecule has 1 unspecified atom stereocenters. The summed E-state index contributed by atoms with van der Waals surface area (Å²) in [6.45, 7) is 1.65. The lowest BCUT2D eigenvalue weighted by Gasteiger charge is -2.23. The van der Waals surface area contributed by atoms with Gasteiger partial charge in [-0.1, -0.05) is 36.4 Å². The number of anilines is 1. The first-order valence-corrected chi connectivity index (χ1v) is 7.48. The lowest BCUT2D eigenvalue weighted by molar-refractivity contribution is -0.120. The van der Waals surface area contributed by atoms with Gasteiger partial charge < -0.3 is 10.4 Å². The fraction of sp³-hybridized carbons (Fsp3) is 0.158. The number of amides is 1. The van der Waals surface area contributed by atoms with Gasteiger partial charge in [0, 0.05) is 11.6 Å². The highest BCUT2D eigenvalue weighted by molar-refractivity contribution is 6.01. The number of hydrogen-bond acceptors (Lipinski definition) is 3. The molecule has 116 valence electrons. The largest absolute Gasteiger partial charge is 0.385 e. The summed E-state index contributed by atoms with van der Waals surface area (Å²) in [5, 5.41) is 14.3. The van der Waals surface area contributed by atoms with Crippen molar-refractivity contribution < 1.29 is 9.90 Å². The average molecular weight is 306 g/mol. The molecule has 1 aromatic heterocycles. The second kappa shape index (κ2) is 6.18. The SMILES string of the molecule is CC(O)(CC(=O)Nc1cccc2ncccc12)c1ccccc1. The molecule has 0 aliphatic rings. The number of aromatic nitrogens is 1. The Morgan fingerprint density at radius 1 is 1.09 bits per heavy atom. The Kier molecular flexibility index (Phi) is 4.08. The summed E-state index contributed by atoms with van der Waals surface area (Å²) >= 11 is 0. The van der Waals surface area contributed by atoms with Gasteiger partial charge >= 0.3 is 0 Å². The molecular formula is C19H18N2O2. The van der Waals surface area contributed by atoms with Gasteiger partial charge in [-0.25, -0.2) is 0 Å². The van der Waals surface area contributed by atoms with Crippen LogP contribution in [0.1, 0.15) is 18.9 Å². The van der Waals surface area contributed by atoms with E-state index in [0.29, 0.717) is 5.69 Å². The van der Waals surface area contributed by atoms with E-state index in [0.717, 1.165) is 16.5 Å². The monoisotopic (exact) mass is 306 g/mol. The number of aliphatic hydroxyl groups is 1. The first-order chi connectivity index (χ1) is 11.1. The third-order valence-corrected chi connectivity index (χ3v) is 3.82. The van der Waals surface area contributed by atoms with Gasteiger partial charge in [0.05, 0.1) is 23.2 Å². The number of hydrogen-bond donors (Lipinski definition) is 2. The summed E-state index contributed by atoms with van der Waals surface area (Å²) in [5.41, 5.74) is 1.02. The molecular weight excluding hydrogens is 288 g/mol. The molecule has 2 N–H and O–H groups in total. The molecule has 0 radical (unpaired) electrons. The minimum absolute atomic E-state index is 0.0202. The Morgan fingerprint density at radius 3 is 2.65 bits per heavy atom. The van der Waals surface area contributed by atoms with Gasteiger partial charge in [0.15, 0.2) is 0 Å². The maximum absolute atomic E-state index is 12.4. The van der Waals surface area contributed by atoms with Gasteiger partial charge in [-0.2, -0.15) is 0 Å². The van der Waals surface area contributed by atoms with Crippen molar-refractivity contribution >= 4 is 22.5 Å². The molecule has 0 saturated heterocycles. The Balaban J connectivity index is 1.79. The molecule has 4 nitrogen and oxygen atoms in total. The molecule has 0 fully saturated rings. The molecule has 3 aromatic rings. The van der Waals surface area contributed by atoms with Crippen LogP contribution in [0.3, 0.4) is 0 Å². The molecule has 0 saturated carbocycles. The highest BCUT2D eigenvalue weighted by atomic mass is 16.3. The molecule has 23 heavy (non-hydrogen) atoms. The minimum atomic E-state index is -1.21. The molecule has 2 aromatic carbocycles. The van der Waals surface area contributed by atoms with E-state index in [-0.39, 0.29) is 12.3 Å². The Hall–Kier alpha value is -2.72. The number of rotatable bonds is 4. The highest BCUT2D eigenvalue weighted by Gasteiger charge is 2.26. The average Bonchev–Trinajstić information content (AvgIpc) is 2.55. The molecule has 4 heteroatoms. The van der Waals surface area contributed by atoms with Crippen LogP contribution >= 0.6 is 0 Å². The van der Waals surface area contributed by atoms with Crippen molar-refractivity contribution in [2.24, 2.45) is 0 Å². The van der Waals surface area contributed by atoms with E-state index >= 15 is 0 Å². The third-order valence-electron chi connectivity index (χ3n) is 3.82. The van der Waals surface area contributed by atoms with Crippen molar-refractivity contribution in [1.82, 2.24) is 4.98 Å². The van der Waals surface area contributed by atoms with Gasteiger partial charge in [-0.3, -0.25) is 9.78 Å². The van der Waals surface area contributed by atoms with Crippen molar-refractivity contribution in [3.8, 4) is 0 Å². The van der Waals surface area contributed by atoms with Crippen molar-refractivity contribution in [3.05, 3.63) is 72.4 Å². The van der Waals surface area contributed by atoms with Gasteiger partial charge in [-0.15, -0.1) is 0 Å². The van der Waals surface area contributed by atoms with Crippen LogP contribution in [0.25, 0.3) is 10.9 Å². The van der Waals surface area contributed by atoms with E-state index in [4.69, 9.17) is 0 Å². The third kappa shape index (κ3) is 3.38. The predicted molar refractivity (Wildman–Crippen MR) is 91.0 cm³/mol. The Bertz CT molecular complexity index is 824. The van der Waals surface area contributed by atoms with E-state index in [1.165, 1.54) is 0 Å². The standard InChI is InChI=1S/C19H18N2O2/c1-19(23,14-7-3-2-4-8-14)13-18(22)21-17-11-5-10-16-15(17)9-6-12-20-16/h2-12,23H,13H2,1H3,(H,21,22). The number of fused-ring (bicyclic) bond motifs is 1. The lowest BCUT2D eigenvalue weighted by Crippen LogP contribution is -2.28. The highest BCUT2D eigenvalue weighted by Crippen LogP contribution is 2.26. The number of benzene rings is 2. The van der Waals surface area contributed by atoms with E-state index in [2.05, 4.69) is 10.3 Å². The maximum Gasteiger partial charge on any atom is 0.227 e. The van der Waals surface area contributed by atoms with Gasteiger partial charge in [-0.05, 0) is 36.8 Å². The topological polar surface area (TPSA) is 62.2 Å². The smallest absolute Gasteiger partial charge is 0.227 e. The molecule has 3 rings (SSSR count). The first-order valence-electron chi connectivity index (χ1n) is 7.48.